The molecule has 1 aromatic heterocycles. The first-order valence-corrected chi connectivity index (χ1v) is 8.75. The number of aryl methyl sites for hydroxylation is 1. The molecule has 2 unspecified atom stereocenters. The largest absolute Gasteiger partial charge is 0.376 e. The second-order valence-electron chi connectivity index (χ2n) is 6.72. The molecule has 0 aliphatic heterocycles. The first-order valence-electron chi connectivity index (χ1n) is 8.75. The Morgan fingerprint density at radius 1 is 1.33 bits per heavy atom. The summed E-state index contributed by atoms with van der Waals surface area (Å²) in [5, 5.41) is 14.6. The number of anilines is 1. The number of nitrogens with one attached hydrogen (secondary N) is 1. The number of carbonyl (C=O) groups excluding carboxylic acids is 2. The maximum Gasteiger partial charge on any atom is 0.293 e. The normalized spacial score (nSPS) is 19.4. The average Bonchev–Trinajstić information content (AvgIpc) is 3.07. The van der Waals surface area contributed by atoms with Gasteiger partial charge in [0.15, 0.2) is 5.82 Å². The summed E-state index contributed by atoms with van der Waals surface area (Å²) in [4.78, 5) is 39.2. The Hall–Kier alpha value is -3.23. The maximum absolute atomic E-state index is 12.6. The van der Waals surface area contributed by atoms with Crippen LogP contribution in [-0.2, 0) is 11.8 Å². The van der Waals surface area contributed by atoms with Crippen LogP contribution in [0.4, 0.5) is 11.4 Å². The van der Waals surface area contributed by atoms with Crippen molar-refractivity contribution in [3.63, 3.8) is 0 Å². The number of benzene rings is 1. The predicted octanol–water partition coefficient (Wildman–Crippen LogP) is 2.02. The van der Waals surface area contributed by atoms with Gasteiger partial charge in [0.25, 0.3) is 5.69 Å². The number of primary amides is 1. The Morgan fingerprint density at radius 3 is 2.70 bits per heavy atom. The number of nitrogens with zero attached hydrogens (tertiary/aromatic N) is 3. The molecule has 0 spiro atoms. The van der Waals surface area contributed by atoms with E-state index in [0.29, 0.717) is 12.8 Å². The molecule has 2 aromatic rings. The van der Waals surface area contributed by atoms with Crippen LogP contribution < -0.4 is 11.1 Å². The molecule has 1 aliphatic rings. The van der Waals surface area contributed by atoms with Crippen molar-refractivity contribution >= 4 is 23.1 Å². The van der Waals surface area contributed by atoms with Gasteiger partial charge in [-0.3, -0.25) is 19.7 Å². The van der Waals surface area contributed by atoms with Gasteiger partial charge in [-0.25, -0.2) is 4.98 Å². The van der Waals surface area contributed by atoms with E-state index in [1.807, 2.05) is 0 Å². The average molecular weight is 371 g/mol. The van der Waals surface area contributed by atoms with Gasteiger partial charge in [-0.15, -0.1) is 0 Å². The number of nitro benzene ring substituents is 1. The summed E-state index contributed by atoms with van der Waals surface area (Å²) in [5.41, 5.74) is 5.71. The van der Waals surface area contributed by atoms with Crippen LogP contribution in [0.2, 0.25) is 0 Å². The number of aromatic nitrogens is 2. The maximum atomic E-state index is 12.6. The van der Waals surface area contributed by atoms with Crippen LogP contribution in [0.15, 0.2) is 30.6 Å². The Morgan fingerprint density at radius 2 is 2.07 bits per heavy atom. The van der Waals surface area contributed by atoms with E-state index in [1.54, 1.807) is 17.8 Å². The molecule has 142 valence electrons. The number of nitrogens with two attached hydrogens (primary N) is 1. The number of imidazole rings is 1. The van der Waals surface area contributed by atoms with Crippen molar-refractivity contribution in [1.29, 1.82) is 0 Å². The number of amides is 1. The molecule has 3 rings (SSSR count). The van der Waals surface area contributed by atoms with Gasteiger partial charge in [0.05, 0.1) is 10.8 Å². The van der Waals surface area contributed by atoms with Gasteiger partial charge in [0.2, 0.25) is 11.7 Å². The summed E-state index contributed by atoms with van der Waals surface area (Å²) in [5.74, 6) is -0.973. The zero-order valence-electron chi connectivity index (χ0n) is 14.9. The minimum absolute atomic E-state index is 0.177. The fourth-order valence-electron chi connectivity index (χ4n) is 3.50. The molecule has 2 atom stereocenters. The van der Waals surface area contributed by atoms with E-state index in [4.69, 9.17) is 5.73 Å². The van der Waals surface area contributed by atoms with Crippen LogP contribution in [0, 0.1) is 16.0 Å². The molecule has 1 aromatic carbocycles. The molecule has 1 aliphatic carbocycles. The molecule has 1 saturated carbocycles. The van der Waals surface area contributed by atoms with Crippen LogP contribution >= 0.6 is 0 Å². The number of hydrogen-bond donors (Lipinski definition) is 2. The lowest BCUT2D eigenvalue weighted by Gasteiger charge is -2.30. The first kappa shape index (κ1) is 18.6. The van der Waals surface area contributed by atoms with Crippen LogP contribution in [0.1, 0.15) is 41.9 Å². The molecule has 27 heavy (non-hydrogen) atoms. The van der Waals surface area contributed by atoms with Gasteiger partial charge in [0, 0.05) is 37.1 Å². The third-order valence-corrected chi connectivity index (χ3v) is 4.95. The van der Waals surface area contributed by atoms with Crippen LogP contribution in [0.3, 0.4) is 0 Å². The fourth-order valence-corrected chi connectivity index (χ4v) is 3.50. The van der Waals surface area contributed by atoms with Crippen LogP contribution in [0.25, 0.3) is 0 Å². The SMILES string of the molecule is Cn1ccnc1C(=O)c1ccc(NC2CCCCC2C(N)=O)c([N+](=O)[O-])c1. The number of ketones is 1. The van der Waals surface area contributed by atoms with Crippen LogP contribution in [0.5, 0.6) is 0 Å². The summed E-state index contributed by atoms with van der Waals surface area (Å²) in [7, 11) is 1.68. The van der Waals surface area contributed by atoms with E-state index < -0.39 is 16.6 Å². The Kier molecular flexibility index (Phi) is 5.20. The van der Waals surface area contributed by atoms with Gasteiger partial charge in [-0.05, 0) is 25.0 Å². The highest BCUT2D eigenvalue weighted by atomic mass is 16.6. The topological polar surface area (TPSA) is 133 Å². The van der Waals surface area contributed by atoms with Crippen molar-refractivity contribution in [2.24, 2.45) is 18.7 Å². The van der Waals surface area contributed by atoms with Gasteiger partial charge in [-0.1, -0.05) is 12.8 Å². The van der Waals surface area contributed by atoms with E-state index in [1.165, 1.54) is 24.4 Å². The zero-order valence-corrected chi connectivity index (χ0v) is 14.9. The molecule has 0 bridgehead atoms. The van der Waals surface area contributed by atoms with Crippen molar-refractivity contribution in [2.45, 2.75) is 31.7 Å². The summed E-state index contributed by atoms with van der Waals surface area (Å²) >= 11 is 0. The highest BCUT2D eigenvalue weighted by molar-refractivity contribution is 6.07. The Labute approximate surface area is 155 Å². The molecule has 1 fully saturated rings. The second kappa shape index (κ2) is 7.56. The van der Waals surface area contributed by atoms with Crippen molar-refractivity contribution in [1.82, 2.24) is 9.55 Å². The highest BCUT2D eigenvalue weighted by Crippen LogP contribution is 2.32. The van der Waals surface area contributed by atoms with Crippen molar-refractivity contribution in [2.75, 3.05) is 5.32 Å². The minimum Gasteiger partial charge on any atom is -0.376 e. The molecular formula is C18H21N5O4. The Bertz CT molecular complexity index is 892. The zero-order chi connectivity index (χ0) is 19.6. The highest BCUT2D eigenvalue weighted by Gasteiger charge is 2.31. The van der Waals surface area contributed by atoms with Gasteiger partial charge in [0.1, 0.15) is 5.69 Å². The molecule has 1 heterocycles. The van der Waals surface area contributed by atoms with E-state index in [0.717, 1.165) is 12.8 Å². The van der Waals surface area contributed by atoms with E-state index in [-0.39, 0.29) is 34.7 Å². The summed E-state index contributed by atoms with van der Waals surface area (Å²) < 4.78 is 1.56. The standard InChI is InChI=1S/C18H21N5O4/c1-22-9-8-20-18(22)16(24)11-6-7-14(15(10-11)23(26)27)21-13-5-3-2-4-12(13)17(19)25/h6-10,12-13,21H,2-5H2,1H3,(H2,19,25). The first-order chi connectivity index (χ1) is 12.9. The van der Waals surface area contributed by atoms with E-state index >= 15 is 0 Å². The molecule has 9 heteroatoms. The van der Waals surface area contributed by atoms with Crippen molar-refractivity contribution < 1.29 is 14.5 Å². The van der Waals surface area contributed by atoms with Gasteiger partial charge < -0.3 is 15.6 Å². The van der Waals surface area contributed by atoms with E-state index in [9.17, 15) is 19.7 Å². The third-order valence-electron chi connectivity index (χ3n) is 4.95. The monoisotopic (exact) mass is 371 g/mol. The molecule has 9 nitrogen and oxygen atoms in total. The van der Waals surface area contributed by atoms with Crippen molar-refractivity contribution in [3.8, 4) is 0 Å². The van der Waals surface area contributed by atoms with E-state index in [2.05, 4.69) is 10.3 Å². The number of nitro groups is 1. The number of carbonyl (C=O) groups is 2. The summed E-state index contributed by atoms with van der Waals surface area (Å²) in [6.07, 6.45) is 6.32. The lowest BCUT2D eigenvalue weighted by molar-refractivity contribution is -0.384. The third kappa shape index (κ3) is 3.81. The quantitative estimate of drug-likeness (QED) is 0.453. The molecular weight excluding hydrogens is 350 g/mol. The number of rotatable bonds is 6. The molecule has 0 radical (unpaired) electrons. The van der Waals surface area contributed by atoms with Gasteiger partial charge >= 0.3 is 0 Å². The fraction of sp³-hybridized carbons (Fsp3) is 0.389. The Balaban J connectivity index is 1.90. The summed E-state index contributed by atoms with van der Waals surface area (Å²) in [6, 6.07) is 4.00. The smallest absolute Gasteiger partial charge is 0.293 e. The molecule has 0 saturated heterocycles. The van der Waals surface area contributed by atoms with Gasteiger partial charge in [-0.2, -0.15) is 0 Å². The second-order valence-corrected chi connectivity index (χ2v) is 6.72. The minimum atomic E-state index is -0.542. The predicted molar refractivity (Wildman–Crippen MR) is 98.3 cm³/mol. The lowest BCUT2D eigenvalue weighted by atomic mass is 9.84. The van der Waals surface area contributed by atoms with Crippen molar-refractivity contribution in [3.05, 3.63) is 52.1 Å². The molecule has 3 N–H and O–H groups in total. The summed E-state index contributed by atoms with van der Waals surface area (Å²) in [6.45, 7) is 0. The van der Waals surface area contributed by atoms with Crippen LogP contribution in [-0.4, -0.2) is 32.2 Å². The lowest BCUT2D eigenvalue weighted by Crippen LogP contribution is -2.40. The molecule has 1 amide bonds. The number of hydrogen-bond acceptors (Lipinski definition) is 6.